The highest BCUT2D eigenvalue weighted by atomic mass is 15.2. The molecule has 0 radical (unpaired) electrons. The van der Waals surface area contributed by atoms with Gasteiger partial charge in [0.25, 0.3) is 0 Å². The molecule has 1 aliphatic heterocycles. The fourth-order valence-corrected chi connectivity index (χ4v) is 3.14. The molecule has 0 amide bonds. The van der Waals surface area contributed by atoms with Gasteiger partial charge in [0.05, 0.1) is 0 Å². The molecule has 2 aliphatic rings. The van der Waals surface area contributed by atoms with Gasteiger partial charge in [0.2, 0.25) is 0 Å². The van der Waals surface area contributed by atoms with E-state index in [4.69, 9.17) is 0 Å². The first-order valence-electron chi connectivity index (χ1n) is 8.21. The summed E-state index contributed by atoms with van der Waals surface area (Å²) in [5.41, 5.74) is 1.25. The van der Waals surface area contributed by atoms with Crippen molar-refractivity contribution in [1.29, 1.82) is 0 Å². The first-order chi connectivity index (χ1) is 10.3. The predicted molar refractivity (Wildman–Crippen MR) is 89.8 cm³/mol. The van der Waals surface area contributed by atoms with Gasteiger partial charge in [-0.2, -0.15) is 5.10 Å². The Balaban J connectivity index is 1.91. The second kappa shape index (κ2) is 8.82. The Kier molecular flexibility index (Phi) is 6.73. The standard InChI is InChI=1S/C16H29N5/c1-14(21-10-5-8-18-9-11-21)12-16(20-17-2)19-13-15-6-3-4-7-15/h12,15,18H,2-11,13H2,1H3,(H,19,20)/b14-12+. The van der Waals surface area contributed by atoms with Gasteiger partial charge in [0.15, 0.2) is 0 Å². The van der Waals surface area contributed by atoms with Crippen LogP contribution in [-0.4, -0.2) is 50.2 Å². The Hall–Kier alpha value is -1.36. The Morgan fingerprint density at radius 1 is 1.29 bits per heavy atom. The van der Waals surface area contributed by atoms with E-state index in [-0.39, 0.29) is 0 Å². The number of nitrogens with one attached hydrogen (secondary N) is 2. The molecule has 2 fully saturated rings. The lowest BCUT2D eigenvalue weighted by atomic mass is 10.1. The maximum absolute atomic E-state index is 4.14. The molecular formula is C16H29N5. The number of nitrogens with zero attached hydrogens (tertiary/aromatic N) is 3. The molecule has 0 aromatic rings. The van der Waals surface area contributed by atoms with Crippen LogP contribution in [0.5, 0.6) is 0 Å². The number of hydrogen-bond donors (Lipinski definition) is 2. The van der Waals surface area contributed by atoms with Gasteiger partial charge in [-0.25, -0.2) is 0 Å². The van der Waals surface area contributed by atoms with E-state index in [9.17, 15) is 0 Å². The van der Waals surface area contributed by atoms with E-state index in [0.717, 1.165) is 44.5 Å². The Morgan fingerprint density at radius 2 is 2.10 bits per heavy atom. The molecule has 2 rings (SSSR count). The van der Waals surface area contributed by atoms with E-state index in [0.29, 0.717) is 0 Å². The van der Waals surface area contributed by atoms with Crippen LogP contribution in [0.2, 0.25) is 0 Å². The third kappa shape index (κ3) is 5.50. The smallest absolute Gasteiger partial charge is 0.150 e. The second-order valence-electron chi connectivity index (χ2n) is 6.03. The molecule has 5 nitrogen and oxygen atoms in total. The Morgan fingerprint density at radius 3 is 2.86 bits per heavy atom. The molecule has 0 atom stereocenters. The average Bonchev–Trinajstić information content (AvgIpc) is 2.85. The van der Waals surface area contributed by atoms with Crippen LogP contribution in [0.3, 0.4) is 0 Å². The zero-order chi connectivity index (χ0) is 14.9. The van der Waals surface area contributed by atoms with Gasteiger partial charge in [-0.05, 0) is 38.6 Å². The van der Waals surface area contributed by atoms with Crippen molar-refractivity contribution in [2.75, 3.05) is 32.7 Å². The third-order valence-electron chi connectivity index (χ3n) is 4.41. The molecular weight excluding hydrogens is 262 g/mol. The van der Waals surface area contributed by atoms with Gasteiger partial charge >= 0.3 is 0 Å². The minimum absolute atomic E-state index is 0.788. The monoisotopic (exact) mass is 291 g/mol. The largest absolute Gasteiger partial charge is 0.374 e. The van der Waals surface area contributed by atoms with E-state index in [1.165, 1.54) is 37.8 Å². The van der Waals surface area contributed by atoms with Gasteiger partial charge < -0.3 is 15.5 Å². The topological polar surface area (TPSA) is 52.0 Å². The summed E-state index contributed by atoms with van der Waals surface area (Å²) < 4.78 is 0. The van der Waals surface area contributed by atoms with Gasteiger partial charge in [-0.15, -0.1) is 5.10 Å². The van der Waals surface area contributed by atoms with Crippen molar-refractivity contribution in [3.05, 3.63) is 11.8 Å². The maximum Gasteiger partial charge on any atom is 0.150 e. The number of amidine groups is 1. The summed E-state index contributed by atoms with van der Waals surface area (Å²) in [6, 6.07) is 0. The van der Waals surface area contributed by atoms with E-state index < -0.39 is 0 Å². The van der Waals surface area contributed by atoms with Crippen molar-refractivity contribution in [1.82, 2.24) is 15.5 Å². The van der Waals surface area contributed by atoms with E-state index in [2.05, 4.69) is 45.5 Å². The van der Waals surface area contributed by atoms with Crippen molar-refractivity contribution >= 4 is 12.6 Å². The van der Waals surface area contributed by atoms with Crippen molar-refractivity contribution in [2.45, 2.75) is 39.0 Å². The van der Waals surface area contributed by atoms with Gasteiger partial charge in [0, 0.05) is 44.7 Å². The van der Waals surface area contributed by atoms with Crippen LogP contribution in [0.15, 0.2) is 22.0 Å². The lowest BCUT2D eigenvalue weighted by Crippen LogP contribution is -2.30. The summed E-state index contributed by atoms with van der Waals surface area (Å²) >= 11 is 0. The van der Waals surface area contributed by atoms with Crippen LogP contribution >= 0.6 is 0 Å². The molecule has 0 spiro atoms. The van der Waals surface area contributed by atoms with Crippen LogP contribution in [-0.2, 0) is 0 Å². The predicted octanol–water partition coefficient (Wildman–Crippen LogP) is 1.98. The van der Waals surface area contributed by atoms with Crippen LogP contribution in [0.25, 0.3) is 0 Å². The maximum atomic E-state index is 4.14. The molecule has 0 bridgehead atoms. The fraction of sp³-hybridized carbons (Fsp3) is 0.750. The van der Waals surface area contributed by atoms with Gasteiger partial charge in [-0.3, -0.25) is 0 Å². The normalized spacial score (nSPS) is 22.2. The van der Waals surface area contributed by atoms with Crippen LogP contribution in [0, 0.1) is 5.92 Å². The Bertz CT molecular complexity index is 374. The Labute approximate surface area is 128 Å². The molecule has 118 valence electrons. The summed E-state index contributed by atoms with van der Waals surface area (Å²) in [5, 5.41) is 14.7. The third-order valence-corrected chi connectivity index (χ3v) is 4.41. The number of hydrogen-bond acceptors (Lipinski definition) is 4. The highest BCUT2D eigenvalue weighted by Gasteiger charge is 2.15. The zero-order valence-electron chi connectivity index (χ0n) is 13.3. The lowest BCUT2D eigenvalue weighted by Gasteiger charge is -2.23. The summed E-state index contributed by atoms with van der Waals surface area (Å²) in [5.74, 6) is 1.63. The van der Waals surface area contributed by atoms with Crippen LogP contribution in [0.1, 0.15) is 39.0 Å². The van der Waals surface area contributed by atoms with Crippen molar-refractivity contribution in [3.63, 3.8) is 0 Å². The second-order valence-corrected chi connectivity index (χ2v) is 6.03. The van der Waals surface area contributed by atoms with E-state index in [1.54, 1.807) is 0 Å². The SMILES string of the molecule is C=N/N=C(\C=C(/C)N1CCCNCC1)NCC1CCCC1. The molecule has 1 heterocycles. The van der Waals surface area contributed by atoms with E-state index in [1.807, 2.05) is 0 Å². The molecule has 5 heteroatoms. The molecule has 1 saturated heterocycles. The molecule has 2 N–H and O–H groups in total. The first kappa shape index (κ1) is 16.0. The van der Waals surface area contributed by atoms with Gasteiger partial charge in [0.1, 0.15) is 5.84 Å². The first-order valence-corrected chi connectivity index (χ1v) is 8.21. The van der Waals surface area contributed by atoms with E-state index >= 15 is 0 Å². The van der Waals surface area contributed by atoms with Crippen molar-refractivity contribution in [2.24, 2.45) is 16.1 Å². The van der Waals surface area contributed by atoms with Crippen LogP contribution < -0.4 is 10.6 Å². The highest BCUT2D eigenvalue weighted by Crippen LogP contribution is 2.23. The molecule has 21 heavy (non-hydrogen) atoms. The van der Waals surface area contributed by atoms with Crippen molar-refractivity contribution < 1.29 is 0 Å². The minimum Gasteiger partial charge on any atom is -0.374 e. The highest BCUT2D eigenvalue weighted by molar-refractivity contribution is 5.93. The van der Waals surface area contributed by atoms with Crippen molar-refractivity contribution in [3.8, 4) is 0 Å². The quantitative estimate of drug-likeness (QED) is 0.463. The summed E-state index contributed by atoms with van der Waals surface area (Å²) in [6.45, 7) is 11.0. The summed E-state index contributed by atoms with van der Waals surface area (Å²) in [4.78, 5) is 2.41. The molecule has 0 unspecified atom stereocenters. The number of allylic oxidation sites excluding steroid dienone is 1. The summed E-state index contributed by atoms with van der Waals surface area (Å²) in [7, 11) is 0. The van der Waals surface area contributed by atoms with Gasteiger partial charge in [-0.1, -0.05) is 12.8 Å². The lowest BCUT2D eigenvalue weighted by molar-refractivity contribution is 0.369. The summed E-state index contributed by atoms with van der Waals surface area (Å²) in [6.07, 6.45) is 8.70. The molecule has 1 aliphatic carbocycles. The molecule has 0 aromatic heterocycles. The zero-order valence-corrected chi connectivity index (χ0v) is 13.3. The number of rotatable bonds is 5. The fourth-order valence-electron chi connectivity index (χ4n) is 3.14. The minimum atomic E-state index is 0.788. The molecule has 0 aromatic carbocycles. The van der Waals surface area contributed by atoms with Crippen LogP contribution in [0.4, 0.5) is 0 Å². The molecule has 1 saturated carbocycles. The average molecular weight is 291 g/mol.